The van der Waals surface area contributed by atoms with Crippen LogP contribution in [0.25, 0.3) is 0 Å². The first-order chi connectivity index (χ1) is 9.56. The lowest BCUT2D eigenvalue weighted by Crippen LogP contribution is -2.31. The lowest BCUT2D eigenvalue weighted by molar-refractivity contribution is 0.388. The lowest BCUT2D eigenvalue weighted by atomic mass is 9.97. The van der Waals surface area contributed by atoms with Crippen molar-refractivity contribution in [1.82, 2.24) is 5.32 Å². The molecule has 114 valence electrons. The third-order valence-electron chi connectivity index (χ3n) is 3.44. The Morgan fingerprint density at radius 1 is 1.30 bits per heavy atom. The normalized spacial score (nSPS) is 12.7. The van der Waals surface area contributed by atoms with Gasteiger partial charge in [-0.25, -0.2) is 0 Å². The third-order valence-corrected chi connectivity index (χ3v) is 3.68. The van der Waals surface area contributed by atoms with Crippen molar-refractivity contribution < 1.29 is 4.74 Å². The second-order valence-corrected chi connectivity index (χ2v) is 6.21. The quantitative estimate of drug-likeness (QED) is 0.713. The highest BCUT2D eigenvalue weighted by atomic mass is 35.5. The molecule has 1 aromatic carbocycles. The highest BCUT2D eigenvalue weighted by Crippen LogP contribution is 2.24. The van der Waals surface area contributed by atoms with Crippen LogP contribution in [0.1, 0.15) is 45.6 Å². The van der Waals surface area contributed by atoms with Crippen molar-refractivity contribution >= 4 is 11.6 Å². The molecule has 1 atom stereocenters. The summed E-state index contributed by atoms with van der Waals surface area (Å²) in [5, 5.41) is 4.43. The fraction of sp³-hybridized carbons (Fsp3) is 0.647. The largest absolute Gasteiger partial charge is 0.496 e. The molecule has 0 bridgehead atoms. The Morgan fingerprint density at radius 3 is 2.65 bits per heavy atom. The molecule has 3 heteroatoms. The van der Waals surface area contributed by atoms with Crippen molar-refractivity contribution in [1.29, 1.82) is 0 Å². The van der Waals surface area contributed by atoms with Crippen LogP contribution in [0.15, 0.2) is 18.2 Å². The van der Waals surface area contributed by atoms with Crippen LogP contribution in [0.3, 0.4) is 0 Å². The van der Waals surface area contributed by atoms with Crippen molar-refractivity contribution in [3.63, 3.8) is 0 Å². The van der Waals surface area contributed by atoms with Gasteiger partial charge in [0.1, 0.15) is 5.75 Å². The number of hydrogen-bond donors (Lipinski definition) is 1. The van der Waals surface area contributed by atoms with E-state index in [1.165, 1.54) is 18.4 Å². The summed E-state index contributed by atoms with van der Waals surface area (Å²) < 4.78 is 5.42. The summed E-state index contributed by atoms with van der Waals surface area (Å²) in [4.78, 5) is 0. The van der Waals surface area contributed by atoms with E-state index in [2.05, 4.69) is 26.1 Å². The van der Waals surface area contributed by atoms with Gasteiger partial charge in [0.15, 0.2) is 0 Å². The topological polar surface area (TPSA) is 21.3 Å². The molecular weight excluding hydrogens is 270 g/mol. The van der Waals surface area contributed by atoms with Crippen molar-refractivity contribution in [2.45, 2.75) is 52.5 Å². The van der Waals surface area contributed by atoms with Crippen molar-refractivity contribution in [3.8, 4) is 5.75 Å². The van der Waals surface area contributed by atoms with Crippen LogP contribution in [0.4, 0.5) is 0 Å². The molecule has 1 unspecified atom stereocenters. The summed E-state index contributed by atoms with van der Waals surface area (Å²) >= 11 is 6.09. The summed E-state index contributed by atoms with van der Waals surface area (Å²) in [7, 11) is 1.72. The zero-order valence-electron chi connectivity index (χ0n) is 13.2. The first-order valence-electron chi connectivity index (χ1n) is 7.62. The van der Waals surface area contributed by atoms with E-state index in [1.54, 1.807) is 7.11 Å². The fourth-order valence-corrected chi connectivity index (χ4v) is 2.69. The maximum Gasteiger partial charge on any atom is 0.122 e. The molecule has 0 spiro atoms. The number of rotatable bonds is 9. The number of nitrogens with one attached hydrogen (secondary N) is 1. The third kappa shape index (κ3) is 6.15. The standard InChI is InChI=1S/C17H28ClNO/c1-5-10-19-16(11-13(2)3)8-6-14-12-15(18)7-9-17(14)20-4/h7,9,12-13,16,19H,5-6,8,10-11H2,1-4H3. The van der Waals surface area contributed by atoms with E-state index in [0.717, 1.165) is 30.2 Å². The Kier molecular flexibility index (Phi) is 8.01. The Bertz CT molecular complexity index is 393. The van der Waals surface area contributed by atoms with Crippen LogP contribution in [-0.4, -0.2) is 19.7 Å². The minimum atomic E-state index is 0.568. The fourth-order valence-electron chi connectivity index (χ4n) is 2.49. The maximum atomic E-state index is 6.09. The van der Waals surface area contributed by atoms with E-state index < -0.39 is 0 Å². The molecule has 0 amide bonds. The predicted molar refractivity (Wildman–Crippen MR) is 87.9 cm³/mol. The van der Waals surface area contributed by atoms with Gasteiger partial charge in [-0.2, -0.15) is 0 Å². The number of hydrogen-bond acceptors (Lipinski definition) is 2. The molecule has 0 heterocycles. The van der Waals surface area contributed by atoms with Gasteiger partial charge in [-0.1, -0.05) is 32.4 Å². The monoisotopic (exact) mass is 297 g/mol. The molecule has 0 aliphatic rings. The number of ether oxygens (including phenoxy) is 1. The number of halogens is 1. The molecule has 1 aromatic rings. The molecule has 0 aliphatic heterocycles. The molecule has 0 aliphatic carbocycles. The molecular formula is C17H28ClNO. The first-order valence-corrected chi connectivity index (χ1v) is 8.00. The smallest absolute Gasteiger partial charge is 0.122 e. The van der Waals surface area contributed by atoms with E-state index in [-0.39, 0.29) is 0 Å². The van der Waals surface area contributed by atoms with Crippen LogP contribution in [-0.2, 0) is 6.42 Å². The van der Waals surface area contributed by atoms with Gasteiger partial charge in [0.05, 0.1) is 7.11 Å². The van der Waals surface area contributed by atoms with E-state index in [9.17, 15) is 0 Å². The van der Waals surface area contributed by atoms with Gasteiger partial charge in [0, 0.05) is 11.1 Å². The summed E-state index contributed by atoms with van der Waals surface area (Å²) in [6.45, 7) is 7.85. The van der Waals surface area contributed by atoms with Crippen molar-refractivity contribution in [3.05, 3.63) is 28.8 Å². The summed E-state index contributed by atoms with van der Waals surface area (Å²) in [6, 6.07) is 6.42. The van der Waals surface area contributed by atoms with E-state index in [4.69, 9.17) is 16.3 Å². The van der Waals surface area contributed by atoms with Crippen LogP contribution in [0.5, 0.6) is 5.75 Å². The Morgan fingerprint density at radius 2 is 2.05 bits per heavy atom. The number of aryl methyl sites for hydroxylation is 1. The minimum Gasteiger partial charge on any atom is -0.496 e. The van der Waals surface area contributed by atoms with Crippen LogP contribution in [0.2, 0.25) is 5.02 Å². The van der Waals surface area contributed by atoms with Gasteiger partial charge in [-0.05, 0) is 61.9 Å². The second-order valence-electron chi connectivity index (χ2n) is 5.78. The van der Waals surface area contributed by atoms with Gasteiger partial charge >= 0.3 is 0 Å². The Hall–Kier alpha value is -0.730. The number of benzene rings is 1. The molecule has 1 N–H and O–H groups in total. The van der Waals surface area contributed by atoms with Crippen molar-refractivity contribution in [2.24, 2.45) is 5.92 Å². The molecule has 1 rings (SSSR count). The van der Waals surface area contributed by atoms with E-state index in [1.807, 2.05) is 18.2 Å². The van der Waals surface area contributed by atoms with Gasteiger partial charge in [0.25, 0.3) is 0 Å². The highest BCUT2D eigenvalue weighted by molar-refractivity contribution is 6.30. The number of methoxy groups -OCH3 is 1. The molecule has 0 saturated heterocycles. The summed E-state index contributed by atoms with van der Waals surface area (Å²) in [5.41, 5.74) is 1.20. The average molecular weight is 298 g/mol. The molecule has 0 saturated carbocycles. The zero-order valence-corrected chi connectivity index (χ0v) is 14.0. The average Bonchev–Trinajstić information content (AvgIpc) is 2.41. The molecule has 0 fully saturated rings. The lowest BCUT2D eigenvalue weighted by Gasteiger charge is -2.21. The van der Waals surface area contributed by atoms with Crippen LogP contribution >= 0.6 is 11.6 Å². The van der Waals surface area contributed by atoms with Gasteiger partial charge in [0.2, 0.25) is 0 Å². The predicted octanol–water partition coefficient (Wildman–Crippen LogP) is 4.70. The SMILES string of the molecule is CCCNC(CCc1cc(Cl)ccc1OC)CC(C)C. The zero-order chi connectivity index (χ0) is 15.0. The van der Waals surface area contributed by atoms with Gasteiger partial charge < -0.3 is 10.1 Å². The summed E-state index contributed by atoms with van der Waals surface area (Å²) in [5.74, 6) is 1.65. The van der Waals surface area contributed by atoms with Gasteiger partial charge in [-0.3, -0.25) is 0 Å². The molecule has 0 radical (unpaired) electrons. The second kappa shape index (κ2) is 9.25. The molecule has 20 heavy (non-hydrogen) atoms. The Labute approximate surface area is 128 Å². The highest BCUT2D eigenvalue weighted by Gasteiger charge is 2.12. The van der Waals surface area contributed by atoms with E-state index >= 15 is 0 Å². The van der Waals surface area contributed by atoms with Crippen LogP contribution in [0, 0.1) is 5.92 Å². The van der Waals surface area contributed by atoms with Crippen molar-refractivity contribution in [2.75, 3.05) is 13.7 Å². The molecule has 0 aromatic heterocycles. The molecule has 2 nitrogen and oxygen atoms in total. The summed E-state index contributed by atoms with van der Waals surface area (Å²) in [6.07, 6.45) is 4.50. The Balaban J connectivity index is 2.63. The van der Waals surface area contributed by atoms with Crippen LogP contribution < -0.4 is 10.1 Å². The van der Waals surface area contributed by atoms with Gasteiger partial charge in [-0.15, -0.1) is 0 Å². The first kappa shape index (κ1) is 17.3. The minimum absolute atomic E-state index is 0.568. The maximum absolute atomic E-state index is 6.09. The van der Waals surface area contributed by atoms with E-state index in [0.29, 0.717) is 12.0 Å².